The minimum Gasteiger partial charge on any atom is -0.497 e. The van der Waals surface area contributed by atoms with Crippen LogP contribution in [-0.4, -0.2) is 48.1 Å². The Bertz CT molecular complexity index is 1390. The summed E-state index contributed by atoms with van der Waals surface area (Å²) in [7, 11) is 1.65. The lowest BCUT2D eigenvalue weighted by Gasteiger charge is -2.32. The zero-order valence-electron chi connectivity index (χ0n) is 22.7. The van der Waals surface area contributed by atoms with E-state index in [1.807, 2.05) is 42.5 Å². The van der Waals surface area contributed by atoms with E-state index in [4.69, 9.17) is 9.84 Å². The Labute approximate surface area is 234 Å². The fourth-order valence-corrected chi connectivity index (χ4v) is 5.55. The molecule has 0 bridgehead atoms. The highest BCUT2D eigenvalue weighted by atomic mass is 16.5. The van der Waals surface area contributed by atoms with E-state index in [-0.39, 0.29) is 30.2 Å². The smallest absolute Gasteiger partial charge is 0.317 e. The Hall–Kier alpha value is -4.33. The molecule has 5 rings (SSSR count). The molecule has 2 aliphatic rings. The maximum absolute atomic E-state index is 13.0. The highest BCUT2D eigenvalue weighted by molar-refractivity contribution is 5.83. The molecule has 8 heteroatoms. The van der Waals surface area contributed by atoms with E-state index >= 15 is 0 Å². The first-order valence-electron chi connectivity index (χ1n) is 13.8. The minimum atomic E-state index is -0.876. The Morgan fingerprint density at radius 1 is 1.00 bits per heavy atom. The third-order valence-electron chi connectivity index (χ3n) is 7.83. The van der Waals surface area contributed by atoms with E-state index in [0.29, 0.717) is 39.0 Å². The molecule has 0 spiro atoms. The van der Waals surface area contributed by atoms with Gasteiger partial charge in [-0.1, -0.05) is 54.6 Å². The minimum absolute atomic E-state index is 0.0117. The van der Waals surface area contributed by atoms with E-state index in [9.17, 15) is 14.4 Å². The summed E-state index contributed by atoms with van der Waals surface area (Å²) in [6.07, 6.45) is 1.93. The molecule has 40 heavy (non-hydrogen) atoms. The number of carboxylic acid groups (broad SMARTS) is 1. The maximum Gasteiger partial charge on any atom is 0.317 e. The van der Waals surface area contributed by atoms with Crippen molar-refractivity contribution in [3.63, 3.8) is 0 Å². The first-order valence-corrected chi connectivity index (χ1v) is 13.8. The van der Waals surface area contributed by atoms with Gasteiger partial charge in [-0.15, -0.1) is 0 Å². The molecular formula is C32H35N3O5. The molecule has 3 N–H and O–H groups in total. The maximum atomic E-state index is 13.0. The summed E-state index contributed by atoms with van der Waals surface area (Å²) in [6, 6.07) is 22.0. The van der Waals surface area contributed by atoms with Gasteiger partial charge in [0.05, 0.1) is 7.11 Å². The van der Waals surface area contributed by atoms with Gasteiger partial charge in [-0.2, -0.15) is 0 Å². The fourth-order valence-electron chi connectivity index (χ4n) is 5.55. The molecule has 3 aromatic rings. The van der Waals surface area contributed by atoms with Gasteiger partial charge in [-0.3, -0.25) is 9.59 Å². The van der Waals surface area contributed by atoms with Gasteiger partial charge in [-0.05, 0) is 70.7 Å². The number of rotatable bonds is 10. The molecule has 1 heterocycles. The fraction of sp³-hybridized carbons (Fsp3) is 0.344. The molecule has 3 amide bonds. The second kappa shape index (κ2) is 12.2. The van der Waals surface area contributed by atoms with Crippen molar-refractivity contribution in [3.05, 3.63) is 89.0 Å². The summed E-state index contributed by atoms with van der Waals surface area (Å²) in [6.45, 7) is 1.67. The van der Waals surface area contributed by atoms with Crippen LogP contribution in [0.4, 0.5) is 4.79 Å². The predicted molar refractivity (Wildman–Crippen MR) is 152 cm³/mol. The average Bonchev–Trinajstić information content (AvgIpc) is 3.79. The average molecular weight is 542 g/mol. The number of nitrogens with one attached hydrogen (secondary N) is 2. The second-order valence-electron chi connectivity index (χ2n) is 10.4. The van der Waals surface area contributed by atoms with Crippen LogP contribution in [0, 0.1) is 5.92 Å². The van der Waals surface area contributed by atoms with Gasteiger partial charge in [0.25, 0.3) is 0 Å². The van der Waals surface area contributed by atoms with Crippen molar-refractivity contribution < 1.29 is 24.2 Å². The topological polar surface area (TPSA) is 108 Å². The Morgan fingerprint density at radius 2 is 1.82 bits per heavy atom. The van der Waals surface area contributed by atoms with Crippen molar-refractivity contribution in [3.8, 4) is 16.9 Å². The highest BCUT2D eigenvalue weighted by Crippen LogP contribution is 2.47. The lowest BCUT2D eigenvalue weighted by molar-refractivity contribution is -0.137. The Kier molecular flexibility index (Phi) is 8.34. The summed E-state index contributed by atoms with van der Waals surface area (Å²) in [5.74, 6) is 0.217. The van der Waals surface area contributed by atoms with Gasteiger partial charge in [0.2, 0.25) is 5.91 Å². The number of nitrogens with zero attached hydrogens (tertiary/aromatic N) is 1. The number of fused-ring (bicyclic) bond motifs is 1. The van der Waals surface area contributed by atoms with Crippen molar-refractivity contribution in [2.45, 2.75) is 44.7 Å². The molecule has 2 atom stereocenters. The van der Waals surface area contributed by atoms with Crippen LogP contribution in [0.2, 0.25) is 0 Å². The number of amides is 3. The standard InChI is InChI=1S/C32H35N3O5/c1-40-24-10-5-9-22(17-24)25-13-12-23(19-34-31(38)28-18-27(28)21-7-3-2-4-8-21)29-20-35(16-14-26(25)29)32(39)33-15-6-11-30(36)37/h2-5,7-10,12-13,17,27-28H,6,11,14-16,18-20H2,1H3,(H,33,39)(H,34,38)(H,36,37)/t27-,28+/m0/s1. The van der Waals surface area contributed by atoms with Crippen LogP contribution < -0.4 is 15.4 Å². The predicted octanol–water partition coefficient (Wildman–Crippen LogP) is 4.71. The number of aliphatic carboxylic acids is 1. The molecule has 1 fully saturated rings. The number of hydrogen-bond donors (Lipinski definition) is 3. The van der Waals surface area contributed by atoms with Crippen LogP contribution in [0.3, 0.4) is 0 Å². The number of urea groups is 1. The SMILES string of the molecule is COc1cccc(-c2ccc(CNC(=O)[C@@H]3C[C@H]3c3ccccc3)c3c2CCN(C(=O)NCCCC(=O)O)C3)c1. The normalized spacial score (nSPS) is 17.5. The highest BCUT2D eigenvalue weighted by Gasteiger charge is 2.43. The van der Waals surface area contributed by atoms with Crippen molar-refractivity contribution >= 4 is 17.9 Å². The number of ether oxygens (including phenoxy) is 1. The number of carbonyl (C=O) groups excluding carboxylic acids is 2. The lowest BCUT2D eigenvalue weighted by atomic mass is 9.87. The molecule has 1 aliphatic heterocycles. The number of benzene rings is 3. The van der Waals surface area contributed by atoms with Gasteiger partial charge in [0.1, 0.15) is 5.75 Å². The zero-order chi connectivity index (χ0) is 28.1. The number of carbonyl (C=O) groups is 3. The van der Waals surface area contributed by atoms with Gasteiger partial charge < -0.3 is 25.4 Å². The molecule has 0 aromatic heterocycles. The van der Waals surface area contributed by atoms with Crippen molar-refractivity contribution in [1.82, 2.24) is 15.5 Å². The summed E-state index contributed by atoms with van der Waals surface area (Å²) in [5.41, 5.74) is 6.55. The summed E-state index contributed by atoms with van der Waals surface area (Å²) in [4.78, 5) is 38.5. The molecular weight excluding hydrogens is 506 g/mol. The molecule has 208 valence electrons. The van der Waals surface area contributed by atoms with Crippen LogP contribution in [0.5, 0.6) is 5.75 Å². The van der Waals surface area contributed by atoms with Crippen molar-refractivity contribution in [2.24, 2.45) is 5.92 Å². The molecule has 8 nitrogen and oxygen atoms in total. The third-order valence-corrected chi connectivity index (χ3v) is 7.83. The van der Waals surface area contributed by atoms with Crippen LogP contribution >= 0.6 is 0 Å². The van der Waals surface area contributed by atoms with Crippen molar-refractivity contribution in [1.29, 1.82) is 0 Å². The van der Waals surface area contributed by atoms with E-state index in [2.05, 4.69) is 34.9 Å². The molecule has 1 saturated carbocycles. The molecule has 3 aromatic carbocycles. The van der Waals surface area contributed by atoms with Crippen LogP contribution in [0.25, 0.3) is 11.1 Å². The van der Waals surface area contributed by atoms with Gasteiger partial charge in [0.15, 0.2) is 0 Å². The number of carboxylic acids is 1. The van der Waals surface area contributed by atoms with Crippen LogP contribution in [0.15, 0.2) is 66.7 Å². The summed E-state index contributed by atoms with van der Waals surface area (Å²) < 4.78 is 5.44. The van der Waals surface area contributed by atoms with E-state index in [0.717, 1.165) is 34.4 Å². The number of methoxy groups -OCH3 is 1. The van der Waals surface area contributed by atoms with Gasteiger partial charge >= 0.3 is 12.0 Å². The number of hydrogen-bond acceptors (Lipinski definition) is 4. The van der Waals surface area contributed by atoms with Gasteiger partial charge in [-0.25, -0.2) is 4.79 Å². The first-order chi connectivity index (χ1) is 19.4. The second-order valence-corrected chi connectivity index (χ2v) is 10.4. The zero-order valence-corrected chi connectivity index (χ0v) is 22.7. The first kappa shape index (κ1) is 27.2. The Balaban J connectivity index is 1.33. The molecule has 0 saturated heterocycles. The third kappa shape index (κ3) is 6.28. The van der Waals surface area contributed by atoms with Crippen LogP contribution in [0.1, 0.15) is 47.4 Å². The molecule has 0 unspecified atom stereocenters. The largest absolute Gasteiger partial charge is 0.497 e. The van der Waals surface area contributed by atoms with E-state index in [1.54, 1.807) is 12.0 Å². The van der Waals surface area contributed by atoms with Crippen LogP contribution in [-0.2, 0) is 29.1 Å². The van der Waals surface area contributed by atoms with Crippen molar-refractivity contribution in [2.75, 3.05) is 20.2 Å². The van der Waals surface area contributed by atoms with E-state index < -0.39 is 5.97 Å². The molecule has 1 aliphatic carbocycles. The quantitative estimate of drug-likeness (QED) is 0.322. The van der Waals surface area contributed by atoms with Gasteiger partial charge in [0, 0.05) is 38.5 Å². The monoisotopic (exact) mass is 541 g/mol. The van der Waals surface area contributed by atoms with E-state index in [1.165, 1.54) is 11.1 Å². The Morgan fingerprint density at radius 3 is 2.60 bits per heavy atom. The summed E-state index contributed by atoms with van der Waals surface area (Å²) in [5, 5.41) is 14.9. The molecule has 0 radical (unpaired) electrons. The summed E-state index contributed by atoms with van der Waals surface area (Å²) >= 11 is 0. The lowest BCUT2D eigenvalue weighted by Crippen LogP contribution is -2.43.